The summed E-state index contributed by atoms with van der Waals surface area (Å²) in [5.74, 6) is -0.124. The summed E-state index contributed by atoms with van der Waals surface area (Å²) in [4.78, 5) is 35.9. The van der Waals surface area contributed by atoms with Crippen LogP contribution in [0.4, 0.5) is 5.69 Å². The molecule has 1 saturated heterocycles. The smallest absolute Gasteiger partial charge is 0.329 e. The zero-order valence-electron chi connectivity index (χ0n) is 14.7. The molecule has 1 aliphatic rings. The number of nitrogens with one attached hydrogen (secondary N) is 2. The van der Waals surface area contributed by atoms with Crippen molar-refractivity contribution in [2.45, 2.75) is 44.4 Å². The highest BCUT2D eigenvalue weighted by Gasteiger charge is 2.34. The molecular weight excluding hydrogens is 340 g/mol. The van der Waals surface area contributed by atoms with Crippen LogP contribution in [0.1, 0.15) is 38.7 Å². The summed E-state index contributed by atoms with van der Waals surface area (Å²) in [6.07, 6.45) is 0.0674. The third kappa shape index (κ3) is 5.49. The van der Waals surface area contributed by atoms with Crippen molar-refractivity contribution >= 4 is 35.2 Å². The Balaban J connectivity index is 1.84. The molecule has 136 valence electrons. The van der Waals surface area contributed by atoms with Gasteiger partial charge >= 0.3 is 5.97 Å². The molecule has 0 saturated carbocycles. The van der Waals surface area contributed by atoms with Gasteiger partial charge in [0, 0.05) is 17.9 Å². The van der Waals surface area contributed by atoms with Crippen LogP contribution in [0.15, 0.2) is 24.3 Å². The largest absolute Gasteiger partial charge is 0.464 e. The van der Waals surface area contributed by atoms with E-state index in [1.165, 1.54) is 17.3 Å². The van der Waals surface area contributed by atoms with Gasteiger partial charge < -0.3 is 15.4 Å². The van der Waals surface area contributed by atoms with Crippen molar-refractivity contribution in [2.75, 3.05) is 17.7 Å². The third-order valence-corrected chi connectivity index (χ3v) is 5.18. The summed E-state index contributed by atoms with van der Waals surface area (Å²) >= 11 is 1.31. The SMILES string of the molecule is CCOC(=O)C1CSC(CC(=O)Nc2ccc(C(C)C)cc2)C(=O)N1. The Morgan fingerprint density at radius 2 is 2.00 bits per heavy atom. The molecule has 2 N–H and O–H groups in total. The monoisotopic (exact) mass is 364 g/mol. The number of esters is 1. The maximum atomic E-state index is 12.2. The van der Waals surface area contributed by atoms with Crippen LogP contribution in [0.2, 0.25) is 0 Å². The average Bonchev–Trinajstić information content (AvgIpc) is 2.57. The van der Waals surface area contributed by atoms with E-state index >= 15 is 0 Å². The number of anilines is 1. The molecule has 1 aliphatic heterocycles. The number of hydrogen-bond donors (Lipinski definition) is 2. The number of ether oxygens (including phenoxy) is 1. The van der Waals surface area contributed by atoms with Gasteiger partial charge in [0.1, 0.15) is 6.04 Å². The Labute approximate surface area is 152 Å². The number of thioether (sulfide) groups is 1. The van der Waals surface area contributed by atoms with Crippen molar-refractivity contribution in [3.63, 3.8) is 0 Å². The predicted octanol–water partition coefficient (Wildman–Crippen LogP) is 2.30. The van der Waals surface area contributed by atoms with Gasteiger partial charge in [-0.3, -0.25) is 9.59 Å². The minimum absolute atomic E-state index is 0.0674. The lowest BCUT2D eigenvalue weighted by molar-refractivity contribution is -0.146. The van der Waals surface area contributed by atoms with Crippen LogP contribution in [0.5, 0.6) is 0 Å². The lowest BCUT2D eigenvalue weighted by Gasteiger charge is -2.27. The number of carbonyl (C=O) groups excluding carboxylic acids is 3. The zero-order chi connectivity index (χ0) is 18.4. The number of amides is 2. The molecule has 1 aromatic rings. The second-order valence-electron chi connectivity index (χ2n) is 6.16. The highest BCUT2D eigenvalue weighted by Crippen LogP contribution is 2.23. The van der Waals surface area contributed by atoms with Crippen LogP contribution < -0.4 is 10.6 Å². The Kier molecular flexibility index (Phi) is 6.87. The summed E-state index contributed by atoms with van der Waals surface area (Å²) in [5.41, 5.74) is 1.91. The molecule has 7 heteroatoms. The third-order valence-electron chi connectivity index (χ3n) is 3.88. The Morgan fingerprint density at radius 3 is 2.56 bits per heavy atom. The molecular formula is C18H24N2O4S. The molecule has 0 aliphatic carbocycles. The first-order valence-corrected chi connectivity index (χ1v) is 9.44. The van der Waals surface area contributed by atoms with E-state index in [2.05, 4.69) is 24.5 Å². The number of carbonyl (C=O) groups is 3. The molecule has 0 radical (unpaired) electrons. The fraction of sp³-hybridized carbons (Fsp3) is 0.500. The highest BCUT2D eigenvalue weighted by molar-refractivity contribution is 8.00. The Bertz CT molecular complexity index is 630. The van der Waals surface area contributed by atoms with E-state index in [1.807, 2.05) is 24.3 Å². The molecule has 0 bridgehead atoms. The van der Waals surface area contributed by atoms with Gasteiger partial charge in [-0.2, -0.15) is 0 Å². The predicted molar refractivity (Wildman–Crippen MR) is 98.6 cm³/mol. The number of rotatable bonds is 6. The molecule has 0 spiro atoms. The molecule has 2 atom stereocenters. The average molecular weight is 364 g/mol. The van der Waals surface area contributed by atoms with Crippen LogP contribution in [0.3, 0.4) is 0 Å². The molecule has 0 aromatic heterocycles. The van der Waals surface area contributed by atoms with Gasteiger partial charge in [-0.25, -0.2) is 4.79 Å². The summed E-state index contributed by atoms with van der Waals surface area (Å²) in [6, 6.07) is 7.04. The van der Waals surface area contributed by atoms with E-state index in [-0.39, 0.29) is 24.8 Å². The Morgan fingerprint density at radius 1 is 1.32 bits per heavy atom. The number of hydrogen-bond acceptors (Lipinski definition) is 5. The van der Waals surface area contributed by atoms with E-state index in [0.717, 1.165) is 0 Å². The van der Waals surface area contributed by atoms with Gasteiger partial charge in [0.2, 0.25) is 11.8 Å². The van der Waals surface area contributed by atoms with Crippen LogP contribution in [-0.2, 0) is 19.1 Å². The fourth-order valence-corrected chi connectivity index (χ4v) is 3.58. The van der Waals surface area contributed by atoms with Crippen molar-refractivity contribution < 1.29 is 19.1 Å². The van der Waals surface area contributed by atoms with Gasteiger partial charge in [-0.15, -0.1) is 11.8 Å². The van der Waals surface area contributed by atoms with E-state index in [9.17, 15) is 14.4 Å². The maximum absolute atomic E-state index is 12.2. The minimum atomic E-state index is -0.639. The van der Waals surface area contributed by atoms with Crippen molar-refractivity contribution in [3.8, 4) is 0 Å². The molecule has 25 heavy (non-hydrogen) atoms. The topological polar surface area (TPSA) is 84.5 Å². The molecule has 1 heterocycles. The van der Waals surface area contributed by atoms with Gasteiger partial charge in [0.15, 0.2) is 0 Å². The molecule has 1 fully saturated rings. The Hall–Kier alpha value is -2.02. The first kappa shape index (κ1) is 19.3. The van der Waals surface area contributed by atoms with Crippen LogP contribution >= 0.6 is 11.8 Å². The summed E-state index contributed by atoms with van der Waals surface area (Å²) < 4.78 is 4.91. The second-order valence-corrected chi connectivity index (χ2v) is 7.40. The second kappa shape index (κ2) is 8.89. The van der Waals surface area contributed by atoms with Gasteiger partial charge in [-0.1, -0.05) is 26.0 Å². The van der Waals surface area contributed by atoms with Gasteiger partial charge in [-0.05, 0) is 30.5 Å². The number of benzene rings is 1. The van der Waals surface area contributed by atoms with E-state index in [1.54, 1.807) is 6.92 Å². The van der Waals surface area contributed by atoms with Gasteiger partial charge in [0.05, 0.1) is 11.9 Å². The summed E-state index contributed by atoms with van der Waals surface area (Å²) in [5, 5.41) is 4.93. The summed E-state index contributed by atoms with van der Waals surface area (Å²) in [7, 11) is 0. The van der Waals surface area contributed by atoms with E-state index < -0.39 is 17.3 Å². The normalized spacial score (nSPS) is 20.1. The lowest BCUT2D eigenvalue weighted by Crippen LogP contribution is -2.51. The lowest BCUT2D eigenvalue weighted by atomic mass is 10.0. The molecule has 1 aromatic carbocycles. The van der Waals surface area contributed by atoms with Crippen molar-refractivity contribution in [2.24, 2.45) is 0 Å². The first-order valence-electron chi connectivity index (χ1n) is 8.39. The maximum Gasteiger partial charge on any atom is 0.329 e. The quantitative estimate of drug-likeness (QED) is 0.757. The standard InChI is InChI=1S/C18H24N2O4S/c1-4-24-18(23)14-10-25-15(17(22)20-14)9-16(21)19-13-7-5-12(6-8-13)11(2)3/h5-8,11,14-15H,4,9-10H2,1-3H3,(H,19,21)(H,20,22). The molecule has 6 nitrogen and oxygen atoms in total. The highest BCUT2D eigenvalue weighted by atomic mass is 32.2. The minimum Gasteiger partial charge on any atom is -0.464 e. The van der Waals surface area contributed by atoms with E-state index in [0.29, 0.717) is 17.4 Å². The van der Waals surface area contributed by atoms with E-state index in [4.69, 9.17) is 4.74 Å². The molecule has 2 unspecified atom stereocenters. The van der Waals surface area contributed by atoms with Crippen molar-refractivity contribution in [1.82, 2.24) is 5.32 Å². The van der Waals surface area contributed by atoms with Gasteiger partial charge in [0.25, 0.3) is 0 Å². The molecule has 2 rings (SSSR count). The first-order chi connectivity index (χ1) is 11.9. The molecule has 2 amide bonds. The van der Waals surface area contributed by atoms with Crippen LogP contribution in [0, 0.1) is 0 Å². The van der Waals surface area contributed by atoms with Crippen LogP contribution in [-0.4, -0.2) is 41.4 Å². The summed E-state index contributed by atoms with van der Waals surface area (Å²) in [6.45, 7) is 6.21. The van der Waals surface area contributed by atoms with Crippen molar-refractivity contribution in [3.05, 3.63) is 29.8 Å². The fourth-order valence-electron chi connectivity index (χ4n) is 2.45. The van der Waals surface area contributed by atoms with Crippen molar-refractivity contribution in [1.29, 1.82) is 0 Å². The zero-order valence-corrected chi connectivity index (χ0v) is 15.5. The van der Waals surface area contributed by atoms with Crippen LogP contribution in [0.25, 0.3) is 0 Å².